The van der Waals surface area contributed by atoms with Gasteiger partial charge in [0.05, 0.1) is 27.4 Å². The zero-order valence-electron chi connectivity index (χ0n) is 17.4. The third-order valence-electron chi connectivity index (χ3n) is 5.67. The summed E-state index contributed by atoms with van der Waals surface area (Å²) in [6.07, 6.45) is 0.948. The number of hydrogen-bond donors (Lipinski definition) is 0. The maximum atomic E-state index is 5.62. The van der Waals surface area contributed by atoms with Crippen LogP contribution < -0.4 is 19.1 Å². The van der Waals surface area contributed by atoms with Crippen LogP contribution in [0.25, 0.3) is 0 Å². The number of hydrogen-bond acceptors (Lipinski definition) is 4. The Morgan fingerprint density at radius 2 is 1.45 bits per heavy atom. The zero-order chi connectivity index (χ0) is 20.4. The van der Waals surface area contributed by atoms with Crippen molar-refractivity contribution in [3.8, 4) is 17.2 Å². The Morgan fingerprint density at radius 1 is 0.793 bits per heavy atom. The van der Waals surface area contributed by atoms with E-state index < -0.39 is 0 Å². The van der Waals surface area contributed by atoms with Crippen LogP contribution in [0.5, 0.6) is 17.2 Å². The Balaban J connectivity index is 1.85. The minimum absolute atomic E-state index is 0.104. The van der Waals surface area contributed by atoms with Gasteiger partial charge >= 0.3 is 0 Å². The Labute approximate surface area is 172 Å². The number of fused-ring (bicyclic) bond motifs is 1. The molecule has 3 aromatic carbocycles. The molecule has 0 amide bonds. The Morgan fingerprint density at radius 3 is 2.07 bits per heavy atom. The van der Waals surface area contributed by atoms with Gasteiger partial charge in [-0.25, -0.2) is 0 Å². The highest BCUT2D eigenvalue weighted by Gasteiger charge is 2.30. The molecule has 0 aromatic heterocycles. The van der Waals surface area contributed by atoms with Crippen LogP contribution in [0.4, 0.5) is 5.69 Å². The second kappa shape index (κ2) is 8.08. The standard InChI is InChI=1S/C25H27NO3/c1-17-5-7-18(8-6-17)25-22-16-24(29-4)23(28-3)15-19(22)13-14-26(25)20-9-11-21(27-2)12-10-20/h5-12,15-16,25H,13-14H2,1-4H3. The van der Waals surface area contributed by atoms with Crippen LogP contribution >= 0.6 is 0 Å². The number of anilines is 1. The zero-order valence-corrected chi connectivity index (χ0v) is 17.4. The van der Waals surface area contributed by atoms with Gasteiger partial charge < -0.3 is 19.1 Å². The van der Waals surface area contributed by atoms with Gasteiger partial charge in [0.25, 0.3) is 0 Å². The van der Waals surface area contributed by atoms with E-state index in [2.05, 4.69) is 60.4 Å². The first-order chi connectivity index (χ1) is 14.1. The molecule has 0 spiro atoms. The average molecular weight is 389 g/mol. The van der Waals surface area contributed by atoms with E-state index in [4.69, 9.17) is 14.2 Å². The molecule has 0 saturated carbocycles. The second-order valence-corrected chi connectivity index (χ2v) is 7.36. The molecule has 0 bridgehead atoms. The van der Waals surface area contributed by atoms with E-state index in [9.17, 15) is 0 Å². The van der Waals surface area contributed by atoms with Crippen LogP contribution in [0.3, 0.4) is 0 Å². The molecule has 0 N–H and O–H groups in total. The SMILES string of the molecule is COc1ccc(N2CCc3cc(OC)c(OC)cc3C2c2ccc(C)cc2)cc1. The molecular formula is C25H27NO3. The first kappa shape index (κ1) is 19.2. The number of aryl methyl sites for hydroxylation is 1. The van der Waals surface area contributed by atoms with E-state index in [1.807, 2.05) is 12.1 Å². The van der Waals surface area contributed by atoms with Crippen LogP contribution in [0.1, 0.15) is 28.3 Å². The van der Waals surface area contributed by atoms with Gasteiger partial charge in [-0.05, 0) is 66.4 Å². The van der Waals surface area contributed by atoms with Crippen molar-refractivity contribution >= 4 is 5.69 Å². The van der Waals surface area contributed by atoms with Crippen LogP contribution in [0.15, 0.2) is 60.7 Å². The Kier molecular flexibility index (Phi) is 5.34. The molecule has 4 heteroatoms. The molecule has 0 aliphatic carbocycles. The summed E-state index contributed by atoms with van der Waals surface area (Å²) in [7, 11) is 5.07. The smallest absolute Gasteiger partial charge is 0.161 e. The highest BCUT2D eigenvalue weighted by molar-refractivity contribution is 5.60. The Hall–Kier alpha value is -3.14. The number of benzene rings is 3. The lowest BCUT2D eigenvalue weighted by Gasteiger charge is -2.40. The van der Waals surface area contributed by atoms with Crippen molar-refractivity contribution in [2.24, 2.45) is 0 Å². The summed E-state index contributed by atoms with van der Waals surface area (Å²) >= 11 is 0. The van der Waals surface area contributed by atoms with Crippen molar-refractivity contribution in [2.45, 2.75) is 19.4 Å². The van der Waals surface area contributed by atoms with Gasteiger partial charge in [0.15, 0.2) is 11.5 Å². The summed E-state index contributed by atoms with van der Waals surface area (Å²) in [6, 6.07) is 21.5. The molecule has 3 aromatic rings. The maximum Gasteiger partial charge on any atom is 0.161 e. The summed E-state index contributed by atoms with van der Waals surface area (Å²) in [5.74, 6) is 2.41. The third-order valence-corrected chi connectivity index (χ3v) is 5.67. The van der Waals surface area contributed by atoms with Crippen LogP contribution in [-0.4, -0.2) is 27.9 Å². The molecule has 1 heterocycles. The molecule has 150 valence electrons. The molecule has 0 fully saturated rings. The fourth-order valence-electron chi connectivity index (χ4n) is 4.11. The summed E-state index contributed by atoms with van der Waals surface area (Å²) < 4.78 is 16.5. The molecule has 1 unspecified atom stereocenters. The average Bonchev–Trinajstić information content (AvgIpc) is 2.78. The lowest BCUT2D eigenvalue weighted by molar-refractivity contribution is 0.353. The van der Waals surface area contributed by atoms with Gasteiger partial charge in [0.2, 0.25) is 0 Å². The minimum atomic E-state index is 0.104. The third kappa shape index (κ3) is 3.63. The van der Waals surface area contributed by atoms with Crippen molar-refractivity contribution in [1.29, 1.82) is 0 Å². The van der Waals surface area contributed by atoms with Gasteiger partial charge in [-0.1, -0.05) is 29.8 Å². The van der Waals surface area contributed by atoms with Crippen LogP contribution in [0.2, 0.25) is 0 Å². The highest BCUT2D eigenvalue weighted by atomic mass is 16.5. The van der Waals surface area contributed by atoms with Gasteiger partial charge in [0, 0.05) is 12.2 Å². The molecule has 0 radical (unpaired) electrons. The van der Waals surface area contributed by atoms with E-state index in [0.717, 1.165) is 30.2 Å². The van der Waals surface area contributed by atoms with E-state index in [1.165, 1.54) is 27.9 Å². The lowest BCUT2D eigenvalue weighted by Crippen LogP contribution is -2.36. The highest BCUT2D eigenvalue weighted by Crippen LogP contribution is 2.43. The molecule has 1 aliphatic heterocycles. The molecule has 4 nitrogen and oxygen atoms in total. The van der Waals surface area contributed by atoms with E-state index in [-0.39, 0.29) is 6.04 Å². The van der Waals surface area contributed by atoms with E-state index in [0.29, 0.717) is 0 Å². The predicted octanol–water partition coefficient (Wildman–Crippen LogP) is 5.17. The number of rotatable bonds is 5. The fourth-order valence-corrected chi connectivity index (χ4v) is 4.11. The molecular weight excluding hydrogens is 362 g/mol. The molecule has 1 aliphatic rings. The molecule has 1 atom stereocenters. The van der Waals surface area contributed by atoms with Crippen molar-refractivity contribution in [3.05, 3.63) is 82.9 Å². The fraction of sp³-hybridized carbons (Fsp3) is 0.280. The molecule has 4 rings (SSSR count). The Bertz CT molecular complexity index is 980. The van der Waals surface area contributed by atoms with Crippen molar-refractivity contribution in [1.82, 2.24) is 0 Å². The van der Waals surface area contributed by atoms with Gasteiger partial charge in [-0.15, -0.1) is 0 Å². The number of methoxy groups -OCH3 is 3. The van der Waals surface area contributed by atoms with Gasteiger partial charge in [0.1, 0.15) is 5.75 Å². The topological polar surface area (TPSA) is 30.9 Å². The van der Waals surface area contributed by atoms with Crippen LogP contribution in [-0.2, 0) is 6.42 Å². The van der Waals surface area contributed by atoms with Crippen LogP contribution in [0, 0.1) is 6.92 Å². The molecule has 0 saturated heterocycles. The summed E-state index contributed by atoms with van der Waals surface area (Å²) in [6.45, 7) is 3.04. The number of nitrogens with zero attached hydrogens (tertiary/aromatic N) is 1. The first-order valence-corrected chi connectivity index (χ1v) is 9.86. The summed E-state index contributed by atoms with van der Waals surface area (Å²) in [5, 5.41) is 0. The lowest BCUT2D eigenvalue weighted by atomic mass is 9.87. The van der Waals surface area contributed by atoms with Crippen molar-refractivity contribution < 1.29 is 14.2 Å². The normalized spacial score (nSPS) is 15.6. The summed E-state index contributed by atoms with van der Waals surface area (Å²) in [4.78, 5) is 2.46. The maximum absolute atomic E-state index is 5.62. The van der Waals surface area contributed by atoms with E-state index in [1.54, 1.807) is 21.3 Å². The number of ether oxygens (including phenoxy) is 3. The van der Waals surface area contributed by atoms with Gasteiger partial charge in [-0.2, -0.15) is 0 Å². The van der Waals surface area contributed by atoms with Crippen molar-refractivity contribution in [2.75, 3.05) is 32.8 Å². The summed E-state index contributed by atoms with van der Waals surface area (Å²) in [5.41, 5.74) is 6.26. The monoisotopic (exact) mass is 389 g/mol. The quantitative estimate of drug-likeness (QED) is 0.602. The van der Waals surface area contributed by atoms with Crippen molar-refractivity contribution in [3.63, 3.8) is 0 Å². The largest absolute Gasteiger partial charge is 0.497 e. The second-order valence-electron chi connectivity index (χ2n) is 7.36. The molecule has 29 heavy (non-hydrogen) atoms. The minimum Gasteiger partial charge on any atom is -0.497 e. The predicted molar refractivity (Wildman–Crippen MR) is 117 cm³/mol. The van der Waals surface area contributed by atoms with E-state index >= 15 is 0 Å². The van der Waals surface area contributed by atoms with Gasteiger partial charge in [-0.3, -0.25) is 0 Å². The first-order valence-electron chi connectivity index (χ1n) is 9.86.